The van der Waals surface area contributed by atoms with Crippen LogP contribution in [-0.4, -0.2) is 19.1 Å². The van der Waals surface area contributed by atoms with E-state index >= 15 is 0 Å². The van der Waals surface area contributed by atoms with Gasteiger partial charge in [0.15, 0.2) is 5.57 Å². The molecule has 0 aromatic carbocycles. The molecule has 0 amide bonds. The summed E-state index contributed by atoms with van der Waals surface area (Å²) in [5.41, 5.74) is -0.128. The van der Waals surface area contributed by atoms with Gasteiger partial charge in [0.2, 0.25) is 0 Å². The topological polar surface area (TPSA) is 62.1 Å². The van der Waals surface area contributed by atoms with Crippen molar-refractivity contribution in [2.75, 3.05) is 13.2 Å². The lowest BCUT2D eigenvalue weighted by Gasteiger charge is -2.05. The monoisotopic (exact) mass is 212 g/mol. The molecule has 0 atom stereocenters. The van der Waals surface area contributed by atoms with Crippen LogP contribution in [0.4, 0.5) is 0 Å². The molecule has 4 nitrogen and oxygen atoms in total. The van der Waals surface area contributed by atoms with E-state index in [4.69, 9.17) is 5.26 Å². The Bertz CT molecular complexity index is 292. The average Bonchev–Trinajstić information content (AvgIpc) is 2.16. The molecule has 0 aromatic heterocycles. The average molecular weight is 212 g/mol. The van der Waals surface area contributed by atoms with Crippen LogP contribution in [0.3, 0.4) is 0 Å². The van der Waals surface area contributed by atoms with Crippen molar-refractivity contribution >= 4 is 18.6 Å². The zero-order valence-electron chi connectivity index (χ0n) is 7.91. The summed E-state index contributed by atoms with van der Waals surface area (Å²) in [6.45, 7) is 5.88. The first-order valence-corrected chi connectivity index (χ1v) is 4.47. The van der Waals surface area contributed by atoms with E-state index in [1.807, 2.05) is 6.92 Å². The molecule has 1 N–H and O–H groups in total. The second kappa shape index (κ2) is 7.04. The number of hydrogen-bond donors (Lipinski definition) is 2. The zero-order valence-corrected chi connectivity index (χ0v) is 8.80. The van der Waals surface area contributed by atoms with Crippen molar-refractivity contribution in [2.24, 2.45) is 0 Å². The second-order valence-electron chi connectivity index (χ2n) is 2.25. The van der Waals surface area contributed by atoms with Gasteiger partial charge in [-0.3, -0.25) is 0 Å². The third-order valence-electron chi connectivity index (χ3n) is 1.23. The number of hydrogen-bond acceptors (Lipinski definition) is 5. The third-order valence-corrected chi connectivity index (χ3v) is 1.61. The van der Waals surface area contributed by atoms with Crippen molar-refractivity contribution in [3.63, 3.8) is 0 Å². The van der Waals surface area contributed by atoms with Gasteiger partial charge in [-0.1, -0.05) is 12.7 Å². The van der Waals surface area contributed by atoms with Gasteiger partial charge in [-0.15, -0.1) is 12.6 Å². The minimum Gasteiger partial charge on any atom is -0.457 e. The number of nitrogens with one attached hydrogen (secondary N) is 1. The van der Waals surface area contributed by atoms with Crippen LogP contribution in [0.1, 0.15) is 6.92 Å². The van der Waals surface area contributed by atoms with Gasteiger partial charge in [-0.2, -0.15) is 5.26 Å². The van der Waals surface area contributed by atoms with Gasteiger partial charge in [0.05, 0.1) is 5.03 Å². The van der Waals surface area contributed by atoms with Gasteiger partial charge in [0, 0.05) is 6.54 Å². The van der Waals surface area contributed by atoms with Gasteiger partial charge in [-0.05, 0) is 6.92 Å². The van der Waals surface area contributed by atoms with E-state index in [0.717, 1.165) is 0 Å². The molecule has 0 bridgehead atoms. The van der Waals surface area contributed by atoms with Crippen molar-refractivity contribution in [3.05, 3.63) is 23.3 Å². The van der Waals surface area contributed by atoms with Crippen molar-refractivity contribution in [1.82, 2.24) is 5.32 Å². The van der Waals surface area contributed by atoms with E-state index < -0.39 is 5.97 Å². The van der Waals surface area contributed by atoms with E-state index in [-0.39, 0.29) is 17.2 Å². The molecule has 5 heteroatoms. The highest BCUT2D eigenvalue weighted by molar-refractivity contribution is 7.84. The normalized spacial score (nSPS) is 10.9. The minimum atomic E-state index is -0.696. The van der Waals surface area contributed by atoms with Crippen LogP contribution in [0, 0.1) is 11.3 Å². The first-order chi connectivity index (χ1) is 6.67. The lowest BCUT2D eigenvalue weighted by molar-refractivity contribution is -0.137. The highest BCUT2D eigenvalue weighted by atomic mass is 32.1. The van der Waals surface area contributed by atoms with E-state index in [2.05, 4.69) is 29.3 Å². The second-order valence-corrected chi connectivity index (χ2v) is 2.70. The Balaban J connectivity index is 4.55. The van der Waals surface area contributed by atoms with Gasteiger partial charge < -0.3 is 10.1 Å². The summed E-state index contributed by atoms with van der Waals surface area (Å²) in [5.74, 6) is -0.696. The van der Waals surface area contributed by atoms with Crippen LogP contribution < -0.4 is 5.32 Å². The highest BCUT2D eigenvalue weighted by Crippen LogP contribution is 2.06. The van der Waals surface area contributed by atoms with Crippen molar-refractivity contribution < 1.29 is 9.53 Å². The van der Waals surface area contributed by atoms with Crippen LogP contribution in [0.25, 0.3) is 0 Å². The van der Waals surface area contributed by atoms with Gasteiger partial charge in [0.25, 0.3) is 0 Å². The van der Waals surface area contributed by atoms with Crippen LogP contribution in [0.2, 0.25) is 0 Å². The van der Waals surface area contributed by atoms with Crippen molar-refractivity contribution in [2.45, 2.75) is 6.92 Å². The number of thiol groups is 1. The predicted molar refractivity (Wildman–Crippen MR) is 56.5 cm³/mol. The summed E-state index contributed by atoms with van der Waals surface area (Å²) >= 11 is 3.97. The Morgan fingerprint density at radius 1 is 1.79 bits per heavy atom. The SMILES string of the molecule is C=CCOC(=O)/C(C#N)=C(\S)NCC. The molecule has 0 aliphatic heterocycles. The number of nitrogens with zero attached hydrogens (tertiary/aromatic N) is 1. The Morgan fingerprint density at radius 3 is 2.86 bits per heavy atom. The fraction of sp³-hybridized carbons (Fsp3) is 0.333. The van der Waals surface area contributed by atoms with Crippen LogP contribution >= 0.6 is 12.6 Å². The fourth-order valence-electron chi connectivity index (χ4n) is 0.658. The lowest BCUT2D eigenvalue weighted by atomic mass is 10.3. The molecule has 0 spiro atoms. The predicted octanol–water partition coefficient (Wildman–Crippen LogP) is 0.990. The standard InChI is InChI=1S/C9H12N2O2S/c1-3-5-13-9(12)7(6-10)8(14)11-4-2/h3,11,14H,1,4-5H2,2H3/b8-7-. The quantitative estimate of drug-likeness (QED) is 0.234. The Morgan fingerprint density at radius 2 is 2.43 bits per heavy atom. The summed E-state index contributed by atoms with van der Waals surface area (Å²) in [6, 6.07) is 1.73. The molecule has 0 fully saturated rings. The smallest absolute Gasteiger partial charge is 0.351 e. The molecule has 0 aromatic rings. The molecule has 14 heavy (non-hydrogen) atoms. The Labute approximate surface area is 88.7 Å². The molecule has 0 saturated heterocycles. The van der Waals surface area contributed by atoms with E-state index in [1.54, 1.807) is 6.07 Å². The van der Waals surface area contributed by atoms with Gasteiger partial charge in [0.1, 0.15) is 12.7 Å². The molecule has 0 unspecified atom stereocenters. The number of rotatable bonds is 5. The Hall–Kier alpha value is -1.41. The molecule has 0 saturated carbocycles. The number of carbonyl (C=O) groups is 1. The Kier molecular flexibility index (Phi) is 6.33. The highest BCUT2D eigenvalue weighted by Gasteiger charge is 2.13. The molecule has 76 valence electrons. The fourth-order valence-corrected chi connectivity index (χ4v) is 0.957. The van der Waals surface area contributed by atoms with E-state index in [9.17, 15) is 4.79 Å². The number of carbonyl (C=O) groups excluding carboxylic acids is 1. The maximum atomic E-state index is 11.2. The number of ether oxygens (including phenoxy) is 1. The first kappa shape index (κ1) is 12.6. The van der Waals surface area contributed by atoms with Gasteiger partial charge >= 0.3 is 5.97 Å². The first-order valence-electron chi connectivity index (χ1n) is 4.02. The maximum absolute atomic E-state index is 11.2. The summed E-state index contributed by atoms with van der Waals surface area (Å²) in [7, 11) is 0. The summed E-state index contributed by atoms with van der Waals surface area (Å²) in [4.78, 5) is 11.2. The molecular formula is C9H12N2O2S. The molecular weight excluding hydrogens is 200 g/mol. The molecule has 0 aliphatic carbocycles. The number of esters is 1. The summed E-state index contributed by atoms with van der Waals surface area (Å²) in [5, 5.41) is 11.6. The van der Waals surface area contributed by atoms with Crippen LogP contribution in [0.5, 0.6) is 0 Å². The zero-order chi connectivity index (χ0) is 11.0. The van der Waals surface area contributed by atoms with Crippen molar-refractivity contribution in [1.29, 1.82) is 5.26 Å². The van der Waals surface area contributed by atoms with Crippen LogP contribution in [0.15, 0.2) is 23.3 Å². The summed E-state index contributed by atoms with van der Waals surface area (Å²) < 4.78 is 4.69. The number of nitriles is 1. The molecule has 0 rings (SSSR count). The minimum absolute atomic E-state index is 0.0806. The third kappa shape index (κ3) is 4.01. The summed E-state index contributed by atoms with van der Waals surface area (Å²) in [6.07, 6.45) is 1.43. The molecule has 0 radical (unpaired) electrons. The lowest BCUT2D eigenvalue weighted by Crippen LogP contribution is -2.16. The molecule has 0 heterocycles. The molecule has 0 aliphatic rings. The van der Waals surface area contributed by atoms with E-state index in [1.165, 1.54) is 6.08 Å². The van der Waals surface area contributed by atoms with E-state index in [0.29, 0.717) is 6.54 Å². The van der Waals surface area contributed by atoms with Crippen molar-refractivity contribution in [3.8, 4) is 6.07 Å². The van der Waals surface area contributed by atoms with Crippen LogP contribution in [-0.2, 0) is 9.53 Å². The maximum Gasteiger partial charge on any atom is 0.351 e. The van der Waals surface area contributed by atoms with Gasteiger partial charge in [-0.25, -0.2) is 4.79 Å². The largest absolute Gasteiger partial charge is 0.457 e.